The second-order valence-corrected chi connectivity index (χ2v) is 13.7. The average molecular weight is 530 g/mol. The normalized spacial score (nSPS) is 12.2. The van der Waals surface area contributed by atoms with Gasteiger partial charge in [-0.2, -0.15) is 0 Å². The van der Waals surface area contributed by atoms with Gasteiger partial charge in [-0.3, -0.25) is 4.79 Å². The van der Waals surface area contributed by atoms with Crippen molar-refractivity contribution in [1.82, 2.24) is 5.32 Å². The number of hydrogen-bond donors (Lipinski definition) is 2. The molecule has 1 amide bonds. The Kier molecular flexibility index (Phi) is 17.0. The number of hydrogen-bond acceptors (Lipinski definition) is 2. The highest BCUT2D eigenvalue weighted by atomic mass is 16.3. The van der Waals surface area contributed by atoms with Crippen LogP contribution in [0.1, 0.15) is 174 Å². The van der Waals surface area contributed by atoms with Crippen molar-refractivity contribution in [1.29, 1.82) is 0 Å². The summed E-state index contributed by atoms with van der Waals surface area (Å²) in [6.45, 7) is 15.8. The summed E-state index contributed by atoms with van der Waals surface area (Å²) in [5, 5.41) is 14.0. The quantitative estimate of drug-likeness (QED) is 0.165. The van der Waals surface area contributed by atoms with Crippen LogP contribution in [0, 0.1) is 0 Å². The fraction of sp³-hybridized carbons (Fsp3) is 0.800. The van der Waals surface area contributed by atoms with Gasteiger partial charge in [-0.15, -0.1) is 0 Å². The molecule has 1 aromatic carbocycles. The highest BCUT2D eigenvalue weighted by molar-refractivity contribution is 5.76. The van der Waals surface area contributed by atoms with E-state index in [0.29, 0.717) is 18.6 Å². The predicted molar refractivity (Wildman–Crippen MR) is 166 cm³/mol. The summed E-state index contributed by atoms with van der Waals surface area (Å²) >= 11 is 0. The molecular weight excluding hydrogens is 466 g/mol. The minimum absolute atomic E-state index is 0.133. The van der Waals surface area contributed by atoms with Crippen molar-refractivity contribution < 1.29 is 9.90 Å². The van der Waals surface area contributed by atoms with Gasteiger partial charge in [0.15, 0.2) is 0 Å². The number of phenolic OH excluding ortho intramolecular Hbond substituents is 1. The Morgan fingerprint density at radius 3 is 1.39 bits per heavy atom. The smallest absolute Gasteiger partial charge is 0.220 e. The Bertz CT molecular complexity index is 734. The number of unbranched alkanes of at least 4 members (excludes halogenated alkanes) is 15. The standard InChI is InChI=1S/C35H63NO2/c1-8-9-10-11-12-13-14-15-16-17-18-19-20-21-22-23-26-36-32(37)25-24-29-27-30(34(2,3)4)33(38)31(28-29)35(5,6)7/h27-28,38H,8-26H2,1-7H3,(H,36,37). The second-order valence-electron chi connectivity index (χ2n) is 13.7. The molecule has 0 aliphatic rings. The number of carbonyl (C=O) groups excluding carboxylic acids is 1. The molecule has 0 saturated heterocycles. The van der Waals surface area contributed by atoms with Crippen LogP contribution >= 0.6 is 0 Å². The van der Waals surface area contributed by atoms with Crippen molar-refractivity contribution in [3.05, 3.63) is 28.8 Å². The lowest BCUT2D eigenvalue weighted by molar-refractivity contribution is -0.121. The molecule has 0 bridgehead atoms. The maximum atomic E-state index is 12.4. The van der Waals surface area contributed by atoms with Gasteiger partial charge in [0.25, 0.3) is 0 Å². The minimum atomic E-state index is -0.143. The van der Waals surface area contributed by atoms with Gasteiger partial charge in [0, 0.05) is 13.0 Å². The van der Waals surface area contributed by atoms with Crippen LogP contribution < -0.4 is 5.32 Å². The Balaban J connectivity index is 2.13. The van der Waals surface area contributed by atoms with Crippen molar-refractivity contribution >= 4 is 5.91 Å². The number of benzene rings is 1. The van der Waals surface area contributed by atoms with Crippen LogP contribution in [0.3, 0.4) is 0 Å². The molecule has 0 spiro atoms. The molecule has 3 heteroatoms. The molecule has 1 aromatic rings. The zero-order valence-corrected chi connectivity index (χ0v) is 26.4. The predicted octanol–water partition coefficient (Wildman–Crippen LogP) is 10.3. The molecule has 38 heavy (non-hydrogen) atoms. The summed E-state index contributed by atoms with van der Waals surface area (Å²) in [6, 6.07) is 4.18. The van der Waals surface area contributed by atoms with E-state index in [1.54, 1.807) is 0 Å². The van der Waals surface area contributed by atoms with Crippen LogP contribution in [0.4, 0.5) is 0 Å². The van der Waals surface area contributed by atoms with E-state index in [4.69, 9.17) is 0 Å². The van der Waals surface area contributed by atoms with Crippen LogP contribution in [-0.4, -0.2) is 17.6 Å². The van der Waals surface area contributed by atoms with E-state index in [9.17, 15) is 9.90 Å². The summed E-state index contributed by atoms with van der Waals surface area (Å²) in [4.78, 5) is 12.4. The van der Waals surface area contributed by atoms with Crippen molar-refractivity contribution in [2.45, 2.75) is 175 Å². The molecule has 3 nitrogen and oxygen atoms in total. The van der Waals surface area contributed by atoms with Gasteiger partial charge in [-0.25, -0.2) is 0 Å². The maximum Gasteiger partial charge on any atom is 0.220 e. The van der Waals surface area contributed by atoms with Crippen LogP contribution in [0.25, 0.3) is 0 Å². The Hall–Kier alpha value is -1.51. The molecular formula is C35H63NO2. The largest absolute Gasteiger partial charge is 0.507 e. The third-order valence-corrected chi connectivity index (χ3v) is 7.78. The Morgan fingerprint density at radius 1 is 0.658 bits per heavy atom. The first-order chi connectivity index (χ1) is 18.0. The first-order valence-electron chi connectivity index (χ1n) is 16.1. The van der Waals surface area contributed by atoms with Gasteiger partial charge in [0.1, 0.15) is 5.75 Å². The molecule has 2 N–H and O–H groups in total. The molecule has 0 saturated carbocycles. The lowest BCUT2D eigenvalue weighted by Gasteiger charge is -2.28. The molecule has 0 unspecified atom stereocenters. The van der Waals surface area contributed by atoms with E-state index in [0.717, 1.165) is 29.7 Å². The maximum absolute atomic E-state index is 12.4. The minimum Gasteiger partial charge on any atom is -0.507 e. The van der Waals surface area contributed by atoms with Gasteiger partial charge >= 0.3 is 0 Å². The van der Waals surface area contributed by atoms with Crippen molar-refractivity contribution in [3.8, 4) is 5.75 Å². The van der Waals surface area contributed by atoms with E-state index in [1.165, 1.54) is 96.3 Å². The molecule has 0 radical (unpaired) electrons. The van der Waals surface area contributed by atoms with Crippen molar-refractivity contribution in [2.75, 3.05) is 6.54 Å². The van der Waals surface area contributed by atoms with Crippen LogP contribution in [0.5, 0.6) is 5.75 Å². The Labute approximate surface area is 237 Å². The number of phenols is 1. The highest BCUT2D eigenvalue weighted by Gasteiger charge is 2.26. The molecule has 0 aliphatic heterocycles. The van der Waals surface area contributed by atoms with Crippen LogP contribution in [0.2, 0.25) is 0 Å². The van der Waals surface area contributed by atoms with Gasteiger partial charge in [-0.05, 0) is 40.4 Å². The lowest BCUT2D eigenvalue weighted by atomic mass is 9.78. The molecule has 0 heterocycles. The van der Waals surface area contributed by atoms with E-state index in [2.05, 4.69) is 65.9 Å². The molecule has 1 rings (SSSR count). The highest BCUT2D eigenvalue weighted by Crippen LogP contribution is 2.40. The van der Waals surface area contributed by atoms with E-state index in [1.807, 2.05) is 0 Å². The fourth-order valence-corrected chi connectivity index (χ4v) is 5.23. The van der Waals surface area contributed by atoms with Crippen LogP contribution in [0.15, 0.2) is 12.1 Å². The molecule has 0 fully saturated rings. The summed E-state index contributed by atoms with van der Waals surface area (Å²) in [7, 11) is 0. The second kappa shape index (κ2) is 18.7. The molecule has 0 aliphatic carbocycles. The Morgan fingerprint density at radius 2 is 1.03 bits per heavy atom. The lowest BCUT2D eigenvalue weighted by Crippen LogP contribution is -2.24. The van der Waals surface area contributed by atoms with Crippen LogP contribution in [-0.2, 0) is 22.0 Å². The average Bonchev–Trinajstić information content (AvgIpc) is 2.83. The van der Waals surface area contributed by atoms with Gasteiger partial charge < -0.3 is 10.4 Å². The van der Waals surface area contributed by atoms with Crippen molar-refractivity contribution in [3.63, 3.8) is 0 Å². The third kappa shape index (κ3) is 15.2. The zero-order chi connectivity index (χ0) is 28.4. The SMILES string of the molecule is CCCCCCCCCCCCCCCCCCNC(=O)CCc1cc(C(C)(C)C)c(O)c(C(C)(C)C)c1. The number of rotatable bonds is 20. The number of aryl methyl sites for hydroxylation is 1. The molecule has 0 atom stereocenters. The van der Waals surface area contributed by atoms with Gasteiger partial charge in [0.05, 0.1) is 0 Å². The first-order valence-corrected chi connectivity index (χ1v) is 16.1. The number of carbonyl (C=O) groups is 1. The van der Waals surface area contributed by atoms with Gasteiger partial charge in [-0.1, -0.05) is 157 Å². The van der Waals surface area contributed by atoms with E-state index >= 15 is 0 Å². The zero-order valence-electron chi connectivity index (χ0n) is 26.4. The molecule has 220 valence electrons. The number of aromatic hydroxyl groups is 1. The summed E-state index contributed by atoms with van der Waals surface area (Å²) in [6.07, 6.45) is 23.0. The topological polar surface area (TPSA) is 49.3 Å². The summed E-state index contributed by atoms with van der Waals surface area (Å²) in [5.74, 6) is 0.537. The van der Waals surface area contributed by atoms with Crippen molar-refractivity contribution in [2.24, 2.45) is 0 Å². The monoisotopic (exact) mass is 529 g/mol. The van der Waals surface area contributed by atoms with E-state index < -0.39 is 0 Å². The third-order valence-electron chi connectivity index (χ3n) is 7.78. The molecule has 0 aromatic heterocycles. The summed E-state index contributed by atoms with van der Waals surface area (Å²) in [5.41, 5.74) is 2.78. The number of nitrogens with one attached hydrogen (secondary N) is 1. The summed E-state index contributed by atoms with van der Waals surface area (Å²) < 4.78 is 0. The van der Waals surface area contributed by atoms with Gasteiger partial charge in [0.2, 0.25) is 5.91 Å². The van der Waals surface area contributed by atoms with E-state index in [-0.39, 0.29) is 16.7 Å². The number of amides is 1. The first kappa shape index (κ1) is 34.5. The fourth-order valence-electron chi connectivity index (χ4n) is 5.23.